The molecule has 0 aromatic carbocycles. The molecule has 0 amide bonds. The fraction of sp³-hybridized carbons (Fsp3) is 0.615. The summed E-state index contributed by atoms with van der Waals surface area (Å²) in [5.41, 5.74) is 0. The SMILES string of the molecule is CC1CCC(Oc2cccc(Br)n2)CC1C. The van der Waals surface area contributed by atoms with E-state index in [-0.39, 0.29) is 0 Å². The summed E-state index contributed by atoms with van der Waals surface area (Å²) in [7, 11) is 0. The van der Waals surface area contributed by atoms with Crippen molar-refractivity contribution < 1.29 is 4.74 Å². The summed E-state index contributed by atoms with van der Waals surface area (Å²) in [4.78, 5) is 4.31. The van der Waals surface area contributed by atoms with Gasteiger partial charge in [-0.15, -0.1) is 0 Å². The lowest BCUT2D eigenvalue weighted by atomic mass is 9.80. The van der Waals surface area contributed by atoms with Crippen LogP contribution in [0.2, 0.25) is 0 Å². The average molecular weight is 284 g/mol. The minimum Gasteiger partial charge on any atom is -0.474 e. The molecule has 0 saturated heterocycles. The third-order valence-corrected chi connectivity index (χ3v) is 3.97. The Hall–Kier alpha value is -0.570. The van der Waals surface area contributed by atoms with Gasteiger partial charge in [0.1, 0.15) is 10.7 Å². The van der Waals surface area contributed by atoms with Crippen LogP contribution in [0.1, 0.15) is 33.1 Å². The van der Waals surface area contributed by atoms with Crippen molar-refractivity contribution in [2.24, 2.45) is 11.8 Å². The lowest BCUT2D eigenvalue weighted by molar-refractivity contribution is 0.0963. The van der Waals surface area contributed by atoms with E-state index in [1.165, 1.54) is 6.42 Å². The second kappa shape index (κ2) is 5.17. The molecular weight excluding hydrogens is 266 g/mol. The van der Waals surface area contributed by atoms with Gasteiger partial charge in [0.2, 0.25) is 5.88 Å². The predicted molar refractivity (Wildman–Crippen MR) is 68.5 cm³/mol. The van der Waals surface area contributed by atoms with Crippen molar-refractivity contribution >= 4 is 15.9 Å². The molecular formula is C13H18BrNO. The summed E-state index contributed by atoms with van der Waals surface area (Å²) >= 11 is 3.36. The fourth-order valence-electron chi connectivity index (χ4n) is 2.23. The van der Waals surface area contributed by atoms with Crippen molar-refractivity contribution in [3.63, 3.8) is 0 Å². The minimum atomic E-state index is 0.341. The van der Waals surface area contributed by atoms with E-state index in [2.05, 4.69) is 34.8 Å². The van der Waals surface area contributed by atoms with Gasteiger partial charge in [-0.1, -0.05) is 19.9 Å². The van der Waals surface area contributed by atoms with Crippen LogP contribution in [0, 0.1) is 11.8 Å². The molecule has 0 aliphatic heterocycles. The van der Waals surface area contributed by atoms with Crippen LogP contribution in [-0.2, 0) is 0 Å². The molecule has 1 saturated carbocycles. The van der Waals surface area contributed by atoms with E-state index in [0.717, 1.165) is 35.2 Å². The number of halogens is 1. The van der Waals surface area contributed by atoms with E-state index in [4.69, 9.17) is 4.74 Å². The van der Waals surface area contributed by atoms with Crippen LogP contribution in [0.4, 0.5) is 0 Å². The van der Waals surface area contributed by atoms with Crippen LogP contribution in [0.3, 0.4) is 0 Å². The molecule has 3 atom stereocenters. The zero-order valence-electron chi connectivity index (χ0n) is 9.82. The van der Waals surface area contributed by atoms with Crippen LogP contribution >= 0.6 is 15.9 Å². The Morgan fingerprint density at radius 3 is 2.75 bits per heavy atom. The van der Waals surface area contributed by atoms with E-state index in [9.17, 15) is 0 Å². The van der Waals surface area contributed by atoms with E-state index >= 15 is 0 Å². The van der Waals surface area contributed by atoms with Gasteiger partial charge in [0.05, 0.1) is 0 Å². The minimum absolute atomic E-state index is 0.341. The standard InChI is InChI=1S/C13H18BrNO/c1-9-6-7-11(8-10(9)2)16-13-5-3-4-12(14)15-13/h3-5,9-11H,6-8H2,1-2H3. The molecule has 1 aromatic heterocycles. The number of hydrogen-bond acceptors (Lipinski definition) is 2. The highest BCUT2D eigenvalue weighted by Gasteiger charge is 2.25. The zero-order chi connectivity index (χ0) is 11.5. The van der Waals surface area contributed by atoms with Crippen molar-refractivity contribution in [1.82, 2.24) is 4.98 Å². The molecule has 1 aliphatic rings. The Balaban J connectivity index is 1.95. The number of nitrogens with zero attached hydrogens (tertiary/aromatic N) is 1. The molecule has 0 radical (unpaired) electrons. The Morgan fingerprint density at radius 1 is 1.25 bits per heavy atom. The molecule has 3 heteroatoms. The first-order valence-electron chi connectivity index (χ1n) is 5.94. The summed E-state index contributed by atoms with van der Waals surface area (Å²) in [6.45, 7) is 4.65. The first kappa shape index (κ1) is 11.9. The molecule has 2 rings (SSSR count). The van der Waals surface area contributed by atoms with Crippen molar-refractivity contribution in [3.8, 4) is 5.88 Å². The molecule has 1 fully saturated rings. The van der Waals surface area contributed by atoms with Crippen molar-refractivity contribution in [2.45, 2.75) is 39.2 Å². The molecule has 1 aliphatic carbocycles. The highest BCUT2D eigenvalue weighted by Crippen LogP contribution is 2.31. The number of aromatic nitrogens is 1. The van der Waals surface area contributed by atoms with Gasteiger partial charge in [-0.3, -0.25) is 0 Å². The fourth-order valence-corrected chi connectivity index (χ4v) is 2.56. The van der Waals surface area contributed by atoms with Crippen LogP contribution in [-0.4, -0.2) is 11.1 Å². The van der Waals surface area contributed by atoms with Crippen LogP contribution in [0.5, 0.6) is 5.88 Å². The molecule has 16 heavy (non-hydrogen) atoms. The maximum absolute atomic E-state index is 5.91. The summed E-state index contributed by atoms with van der Waals surface area (Å²) in [5, 5.41) is 0. The lowest BCUT2D eigenvalue weighted by Gasteiger charge is -2.31. The molecule has 88 valence electrons. The van der Waals surface area contributed by atoms with Crippen molar-refractivity contribution in [2.75, 3.05) is 0 Å². The third-order valence-electron chi connectivity index (χ3n) is 3.53. The van der Waals surface area contributed by atoms with Gasteiger partial charge in [-0.05, 0) is 53.1 Å². The molecule has 0 bridgehead atoms. The first-order valence-corrected chi connectivity index (χ1v) is 6.73. The summed E-state index contributed by atoms with van der Waals surface area (Å²) in [6, 6.07) is 5.80. The quantitative estimate of drug-likeness (QED) is 0.764. The van der Waals surface area contributed by atoms with E-state index in [1.54, 1.807) is 0 Å². The van der Waals surface area contributed by atoms with Gasteiger partial charge in [0.15, 0.2) is 0 Å². The second-order valence-electron chi connectivity index (χ2n) is 4.81. The highest BCUT2D eigenvalue weighted by atomic mass is 79.9. The summed E-state index contributed by atoms with van der Waals surface area (Å²) in [6.07, 6.45) is 3.91. The van der Waals surface area contributed by atoms with Gasteiger partial charge < -0.3 is 4.74 Å². The zero-order valence-corrected chi connectivity index (χ0v) is 11.4. The molecule has 1 aromatic rings. The largest absolute Gasteiger partial charge is 0.474 e. The van der Waals surface area contributed by atoms with E-state index in [1.807, 2.05) is 18.2 Å². The van der Waals surface area contributed by atoms with Crippen LogP contribution in [0.25, 0.3) is 0 Å². The van der Waals surface area contributed by atoms with Gasteiger partial charge in [-0.2, -0.15) is 0 Å². The maximum Gasteiger partial charge on any atom is 0.214 e. The first-order chi connectivity index (χ1) is 7.65. The van der Waals surface area contributed by atoms with Crippen molar-refractivity contribution in [3.05, 3.63) is 22.8 Å². The van der Waals surface area contributed by atoms with E-state index < -0.39 is 0 Å². The van der Waals surface area contributed by atoms with Gasteiger partial charge >= 0.3 is 0 Å². The average Bonchev–Trinajstić information content (AvgIpc) is 2.24. The lowest BCUT2D eigenvalue weighted by Crippen LogP contribution is -2.29. The highest BCUT2D eigenvalue weighted by molar-refractivity contribution is 9.10. The molecule has 2 nitrogen and oxygen atoms in total. The normalized spacial score (nSPS) is 30.1. The third kappa shape index (κ3) is 2.97. The van der Waals surface area contributed by atoms with Crippen LogP contribution < -0.4 is 4.74 Å². The Bertz CT molecular complexity index is 356. The Labute approximate surface area is 106 Å². The molecule has 0 spiro atoms. The van der Waals surface area contributed by atoms with Crippen molar-refractivity contribution in [1.29, 1.82) is 0 Å². The van der Waals surface area contributed by atoms with Gasteiger partial charge in [0, 0.05) is 6.07 Å². The monoisotopic (exact) mass is 283 g/mol. The summed E-state index contributed by atoms with van der Waals surface area (Å²) < 4.78 is 6.75. The number of rotatable bonds is 2. The van der Waals surface area contributed by atoms with Crippen LogP contribution in [0.15, 0.2) is 22.8 Å². The Kier molecular flexibility index (Phi) is 3.85. The van der Waals surface area contributed by atoms with Gasteiger partial charge in [0.25, 0.3) is 0 Å². The molecule has 0 N–H and O–H groups in total. The predicted octanol–water partition coefficient (Wildman–Crippen LogP) is 4.05. The van der Waals surface area contributed by atoms with Gasteiger partial charge in [-0.25, -0.2) is 4.98 Å². The number of pyridine rings is 1. The molecule has 3 unspecified atom stereocenters. The molecule has 1 heterocycles. The Morgan fingerprint density at radius 2 is 2.06 bits per heavy atom. The number of hydrogen-bond donors (Lipinski definition) is 0. The smallest absolute Gasteiger partial charge is 0.214 e. The maximum atomic E-state index is 5.91. The summed E-state index contributed by atoms with van der Waals surface area (Å²) in [5.74, 6) is 2.32. The number of ether oxygens (including phenoxy) is 1. The topological polar surface area (TPSA) is 22.1 Å². The second-order valence-corrected chi connectivity index (χ2v) is 5.62. The van der Waals surface area contributed by atoms with E-state index in [0.29, 0.717) is 6.10 Å².